The van der Waals surface area contributed by atoms with Crippen molar-refractivity contribution in [1.29, 1.82) is 0 Å². The summed E-state index contributed by atoms with van der Waals surface area (Å²) in [6, 6.07) is 12.5. The van der Waals surface area contributed by atoms with Gasteiger partial charge in [0.25, 0.3) is 0 Å². The van der Waals surface area contributed by atoms with Gasteiger partial charge in [-0.25, -0.2) is 4.98 Å². The Bertz CT molecular complexity index is 540. The zero-order valence-corrected chi connectivity index (χ0v) is 11.7. The zero-order chi connectivity index (χ0) is 12.9. The number of thioether (sulfide) groups is 1. The van der Waals surface area contributed by atoms with Crippen LogP contribution in [0, 0.1) is 0 Å². The first-order valence-corrected chi connectivity index (χ1v) is 7.69. The summed E-state index contributed by atoms with van der Waals surface area (Å²) in [5.74, 6) is 1.09. The van der Waals surface area contributed by atoms with Crippen LogP contribution in [0.2, 0.25) is 0 Å². The van der Waals surface area contributed by atoms with Crippen molar-refractivity contribution in [2.24, 2.45) is 0 Å². The third-order valence-electron chi connectivity index (χ3n) is 3.33. The van der Waals surface area contributed by atoms with Crippen LogP contribution >= 0.6 is 11.8 Å². The molecule has 1 aliphatic rings. The monoisotopic (exact) mass is 274 g/mol. The van der Waals surface area contributed by atoms with E-state index in [-0.39, 0.29) is 0 Å². The second-order valence-corrected chi connectivity index (χ2v) is 5.76. The number of fused-ring (bicyclic) bond motifs is 1. The molecule has 1 fully saturated rings. The van der Waals surface area contributed by atoms with Crippen LogP contribution < -0.4 is 0 Å². The molecule has 2 aromatic rings. The molecule has 1 saturated heterocycles. The molecule has 3 rings (SSSR count). The molecule has 1 aliphatic heterocycles. The lowest BCUT2D eigenvalue weighted by atomic mass is 10.2. The molecule has 19 heavy (non-hydrogen) atoms. The van der Waals surface area contributed by atoms with Crippen LogP contribution in [0.5, 0.6) is 0 Å². The molecule has 0 atom stereocenters. The second kappa shape index (κ2) is 6.37. The number of morpholine rings is 1. The van der Waals surface area contributed by atoms with Crippen LogP contribution in [-0.4, -0.2) is 48.5 Å². The van der Waals surface area contributed by atoms with Gasteiger partial charge in [-0.3, -0.25) is 4.90 Å². The van der Waals surface area contributed by atoms with Gasteiger partial charge in [-0.15, -0.1) is 11.8 Å². The van der Waals surface area contributed by atoms with Crippen LogP contribution in [0.15, 0.2) is 41.4 Å². The average Bonchev–Trinajstić information content (AvgIpc) is 2.48. The van der Waals surface area contributed by atoms with Gasteiger partial charge in [0.1, 0.15) is 0 Å². The van der Waals surface area contributed by atoms with Crippen molar-refractivity contribution >= 4 is 22.7 Å². The summed E-state index contributed by atoms with van der Waals surface area (Å²) in [4.78, 5) is 7.13. The predicted molar refractivity (Wildman–Crippen MR) is 79.7 cm³/mol. The normalized spacial score (nSPS) is 16.8. The number of benzene rings is 1. The summed E-state index contributed by atoms with van der Waals surface area (Å²) in [5, 5.41) is 2.33. The van der Waals surface area contributed by atoms with E-state index in [4.69, 9.17) is 4.74 Å². The number of ether oxygens (including phenoxy) is 1. The van der Waals surface area contributed by atoms with Crippen molar-refractivity contribution < 1.29 is 4.74 Å². The van der Waals surface area contributed by atoms with Crippen molar-refractivity contribution in [2.45, 2.75) is 5.03 Å². The summed E-state index contributed by atoms with van der Waals surface area (Å²) in [6.45, 7) is 4.98. The lowest BCUT2D eigenvalue weighted by Gasteiger charge is -2.26. The molecule has 0 radical (unpaired) electrons. The molecule has 100 valence electrons. The zero-order valence-electron chi connectivity index (χ0n) is 10.9. The highest BCUT2D eigenvalue weighted by Gasteiger charge is 2.09. The molecule has 1 aromatic carbocycles. The van der Waals surface area contributed by atoms with Crippen molar-refractivity contribution in [3.63, 3.8) is 0 Å². The molecule has 4 heteroatoms. The van der Waals surface area contributed by atoms with E-state index >= 15 is 0 Å². The summed E-state index contributed by atoms with van der Waals surface area (Å²) < 4.78 is 5.35. The number of nitrogens with zero attached hydrogens (tertiary/aromatic N) is 2. The highest BCUT2D eigenvalue weighted by Crippen LogP contribution is 2.19. The highest BCUT2D eigenvalue weighted by molar-refractivity contribution is 7.99. The van der Waals surface area contributed by atoms with Gasteiger partial charge in [0.05, 0.1) is 23.8 Å². The Morgan fingerprint density at radius 2 is 1.95 bits per heavy atom. The van der Waals surface area contributed by atoms with E-state index in [1.54, 1.807) is 0 Å². The minimum atomic E-state index is 0.874. The topological polar surface area (TPSA) is 25.4 Å². The van der Waals surface area contributed by atoms with Crippen molar-refractivity contribution in [3.8, 4) is 0 Å². The quantitative estimate of drug-likeness (QED) is 0.800. The molecule has 3 nitrogen and oxygen atoms in total. The Labute approximate surface area is 118 Å². The second-order valence-electron chi connectivity index (χ2n) is 4.64. The maximum absolute atomic E-state index is 5.35. The maximum Gasteiger partial charge on any atom is 0.0968 e. The average molecular weight is 274 g/mol. The molecule has 1 aromatic heterocycles. The van der Waals surface area contributed by atoms with Gasteiger partial charge in [0.15, 0.2) is 0 Å². The van der Waals surface area contributed by atoms with Crippen LogP contribution in [0.4, 0.5) is 0 Å². The number of rotatable bonds is 4. The van der Waals surface area contributed by atoms with Gasteiger partial charge in [0.2, 0.25) is 0 Å². The van der Waals surface area contributed by atoms with Gasteiger partial charge < -0.3 is 4.74 Å². The van der Waals surface area contributed by atoms with E-state index in [0.29, 0.717) is 0 Å². The Morgan fingerprint density at radius 3 is 2.84 bits per heavy atom. The molecule has 0 aliphatic carbocycles. The molecule has 0 spiro atoms. The first-order chi connectivity index (χ1) is 9.42. The Morgan fingerprint density at radius 1 is 1.11 bits per heavy atom. The third kappa shape index (κ3) is 3.47. The van der Waals surface area contributed by atoms with E-state index < -0.39 is 0 Å². The maximum atomic E-state index is 5.35. The third-order valence-corrected chi connectivity index (χ3v) is 4.24. The molecule has 0 unspecified atom stereocenters. The number of pyridine rings is 1. The number of hydrogen-bond donors (Lipinski definition) is 0. The van der Waals surface area contributed by atoms with Crippen LogP contribution in [0.1, 0.15) is 0 Å². The number of para-hydroxylation sites is 1. The molecular formula is C15H18N2OS. The summed E-state index contributed by atoms with van der Waals surface area (Å²) >= 11 is 1.84. The summed E-state index contributed by atoms with van der Waals surface area (Å²) in [7, 11) is 0. The van der Waals surface area contributed by atoms with Crippen LogP contribution in [0.3, 0.4) is 0 Å². The fraction of sp³-hybridized carbons (Fsp3) is 0.400. The minimum Gasteiger partial charge on any atom is -0.379 e. The van der Waals surface area contributed by atoms with Gasteiger partial charge in [-0.1, -0.05) is 24.3 Å². The van der Waals surface area contributed by atoms with Gasteiger partial charge in [0, 0.05) is 30.8 Å². The Kier molecular flexibility index (Phi) is 4.33. The molecular weight excluding hydrogens is 256 g/mol. The minimum absolute atomic E-state index is 0.874. The van der Waals surface area contributed by atoms with Crippen LogP contribution in [0.25, 0.3) is 10.9 Å². The van der Waals surface area contributed by atoms with Crippen LogP contribution in [-0.2, 0) is 4.74 Å². The summed E-state index contributed by atoms with van der Waals surface area (Å²) in [6.07, 6.45) is 0. The fourth-order valence-corrected chi connectivity index (χ4v) is 3.12. The molecule has 0 N–H and O–H groups in total. The van der Waals surface area contributed by atoms with Gasteiger partial charge in [-0.05, 0) is 12.1 Å². The standard InChI is InChI=1S/C15H18N2OS/c1-2-4-14-13(3-1)5-6-15(16-14)19-12-9-17-7-10-18-11-8-17/h1-6H,7-12H2. The van der Waals surface area contributed by atoms with Crippen molar-refractivity contribution in [3.05, 3.63) is 36.4 Å². The highest BCUT2D eigenvalue weighted by atomic mass is 32.2. The Balaban J connectivity index is 1.56. The fourth-order valence-electron chi connectivity index (χ4n) is 2.23. The molecule has 0 bridgehead atoms. The predicted octanol–water partition coefficient (Wildman–Crippen LogP) is 2.66. The van der Waals surface area contributed by atoms with E-state index in [1.807, 2.05) is 17.8 Å². The van der Waals surface area contributed by atoms with Crippen molar-refractivity contribution in [2.75, 3.05) is 38.6 Å². The first-order valence-electron chi connectivity index (χ1n) is 6.70. The summed E-state index contributed by atoms with van der Waals surface area (Å²) in [5.41, 5.74) is 1.08. The van der Waals surface area contributed by atoms with Gasteiger partial charge in [-0.2, -0.15) is 0 Å². The number of aromatic nitrogens is 1. The van der Waals surface area contributed by atoms with Gasteiger partial charge >= 0.3 is 0 Å². The largest absolute Gasteiger partial charge is 0.379 e. The van der Waals surface area contributed by atoms with E-state index in [0.717, 1.165) is 49.1 Å². The lowest BCUT2D eigenvalue weighted by molar-refractivity contribution is 0.0410. The molecule has 0 saturated carbocycles. The van der Waals surface area contributed by atoms with E-state index in [2.05, 4.69) is 40.2 Å². The van der Waals surface area contributed by atoms with Crippen molar-refractivity contribution in [1.82, 2.24) is 9.88 Å². The SMILES string of the molecule is c1ccc2nc(SCCN3CCOCC3)ccc2c1. The Hall–Kier alpha value is -1.10. The smallest absolute Gasteiger partial charge is 0.0968 e. The first kappa shape index (κ1) is 12.9. The lowest BCUT2D eigenvalue weighted by Crippen LogP contribution is -2.37. The van der Waals surface area contributed by atoms with E-state index in [9.17, 15) is 0 Å². The number of hydrogen-bond acceptors (Lipinski definition) is 4. The molecule has 0 amide bonds. The molecule has 2 heterocycles. The van der Waals surface area contributed by atoms with E-state index in [1.165, 1.54) is 5.39 Å².